The Labute approximate surface area is 112 Å². The molecule has 0 amide bonds. The van der Waals surface area contributed by atoms with Gasteiger partial charge >= 0.3 is 0 Å². The predicted octanol–water partition coefficient (Wildman–Crippen LogP) is 3.73. The second-order valence-corrected chi connectivity index (χ2v) is 4.62. The number of nitrogens with one attached hydrogen (secondary N) is 1. The van der Waals surface area contributed by atoms with E-state index in [1.165, 1.54) is 6.07 Å². The summed E-state index contributed by atoms with van der Waals surface area (Å²) in [7, 11) is 0. The Morgan fingerprint density at radius 1 is 1.33 bits per heavy atom. The van der Waals surface area contributed by atoms with Crippen LogP contribution in [0.5, 0.6) is 0 Å². The highest BCUT2D eigenvalue weighted by molar-refractivity contribution is 9.10. The Bertz CT molecular complexity index is 554. The Balaban J connectivity index is 2.42. The maximum absolute atomic E-state index is 13.8. The van der Waals surface area contributed by atoms with Gasteiger partial charge in [0, 0.05) is 25.0 Å². The lowest BCUT2D eigenvalue weighted by atomic mass is 10.3. The van der Waals surface area contributed by atoms with E-state index in [4.69, 9.17) is 0 Å². The molecule has 0 saturated carbocycles. The quantitative estimate of drug-likeness (QED) is 0.871. The maximum atomic E-state index is 13.8. The zero-order chi connectivity index (χ0) is 13.1. The topological polar surface area (TPSA) is 29.9 Å². The Morgan fingerprint density at radius 3 is 2.83 bits per heavy atom. The zero-order valence-electron chi connectivity index (χ0n) is 9.75. The molecule has 0 saturated heterocycles. The molecule has 1 aromatic heterocycles. The van der Waals surface area contributed by atoms with Gasteiger partial charge in [0.25, 0.3) is 0 Å². The van der Waals surface area contributed by atoms with Gasteiger partial charge in [0.05, 0.1) is 10.2 Å². The summed E-state index contributed by atoms with van der Waals surface area (Å²) in [6, 6.07) is 2.24. The number of benzene rings is 1. The van der Waals surface area contributed by atoms with Crippen molar-refractivity contribution >= 4 is 21.9 Å². The lowest BCUT2D eigenvalue weighted by Gasteiger charge is -2.10. The van der Waals surface area contributed by atoms with E-state index in [-0.39, 0.29) is 10.2 Å². The largest absolute Gasteiger partial charge is 0.355 e. The summed E-state index contributed by atoms with van der Waals surface area (Å²) in [5.74, 6) is -0.720. The fourth-order valence-corrected chi connectivity index (χ4v) is 1.89. The molecule has 1 aromatic carbocycles. The molecular formula is C12H12BrF2N3. The van der Waals surface area contributed by atoms with Crippen LogP contribution in [0.15, 0.2) is 29.0 Å². The van der Waals surface area contributed by atoms with Gasteiger partial charge < -0.3 is 5.32 Å². The molecular weight excluding hydrogens is 304 g/mol. The first-order chi connectivity index (χ1) is 8.63. The molecule has 0 atom stereocenters. The summed E-state index contributed by atoms with van der Waals surface area (Å²) in [5, 5.41) is 3.08. The second-order valence-electron chi connectivity index (χ2n) is 3.77. The molecule has 0 aliphatic heterocycles. The fourth-order valence-electron chi connectivity index (χ4n) is 1.56. The minimum absolute atomic E-state index is 0.217. The SMILES string of the molecule is CCCNc1nccn1-c1cc(Br)c(F)cc1F. The molecule has 1 heterocycles. The third-order valence-electron chi connectivity index (χ3n) is 2.42. The van der Waals surface area contributed by atoms with Crippen LogP contribution in [0.2, 0.25) is 0 Å². The minimum Gasteiger partial charge on any atom is -0.355 e. The Morgan fingerprint density at radius 2 is 2.11 bits per heavy atom. The molecule has 2 aromatic rings. The van der Waals surface area contributed by atoms with Crippen molar-refractivity contribution < 1.29 is 8.78 Å². The summed E-state index contributed by atoms with van der Waals surface area (Å²) in [6.07, 6.45) is 4.12. The Kier molecular flexibility index (Phi) is 3.96. The molecule has 0 fully saturated rings. The fraction of sp³-hybridized carbons (Fsp3) is 0.250. The van der Waals surface area contributed by atoms with Crippen molar-refractivity contribution in [2.75, 3.05) is 11.9 Å². The number of hydrogen-bond donors (Lipinski definition) is 1. The van der Waals surface area contributed by atoms with Crippen LogP contribution in [0.25, 0.3) is 5.69 Å². The van der Waals surface area contributed by atoms with E-state index < -0.39 is 11.6 Å². The number of aromatic nitrogens is 2. The van der Waals surface area contributed by atoms with Crippen LogP contribution in [-0.2, 0) is 0 Å². The molecule has 0 aliphatic carbocycles. The molecule has 18 heavy (non-hydrogen) atoms. The monoisotopic (exact) mass is 315 g/mol. The Hall–Kier alpha value is -1.43. The third-order valence-corrected chi connectivity index (χ3v) is 3.03. The minimum atomic E-state index is -0.631. The van der Waals surface area contributed by atoms with Crippen molar-refractivity contribution in [2.24, 2.45) is 0 Å². The van der Waals surface area contributed by atoms with Crippen molar-refractivity contribution in [1.29, 1.82) is 0 Å². The highest BCUT2D eigenvalue weighted by Gasteiger charge is 2.12. The first kappa shape index (κ1) is 13.0. The predicted molar refractivity (Wildman–Crippen MR) is 70.0 cm³/mol. The number of anilines is 1. The molecule has 0 radical (unpaired) electrons. The van der Waals surface area contributed by atoms with E-state index in [0.717, 1.165) is 19.0 Å². The van der Waals surface area contributed by atoms with E-state index in [1.54, 1.807) is 17.0 Å². The van der Waals surface area contributed by atoms with Crippen molar-refractivity contribution in [2.45, 2.75) is 13.3 Å². The lowest BCUT2D eigenvalue weighted by Crippen LogP contribution is -2.08. The van der Waals surface area contributed by atoms with Gasteiger partial charge in [-0.1, -0.05) is 6.92 Å². The molecule has 1 N–H and O–H groups in total. The third kappa shape index (κ3) is 2.53. The number of nitrogens with zero attached hydrogens (tertiary/aromatic N) is 2. The summed E-state index contributed by atoms with van der Waals surface area (Å²) in [4.78, 5) is 4.10. The van der Waals surface area contributed by atoms with Gasteiger partial charge in [0.2, 0.25) is 5.95 Å². The van der Waals surface area contributed by atoms with Gasteiger partial charge in [-0.3, -0.25) is 4.57 Å². The van der Waals surface area contributed by atoms with E-state index in [9.17, 15) is 8.78 Å². The van der Waals surface area contributed by atoms with Crippen molar-refractivity contribution in [3.8, 4) is 5.69 Å². The molecule has 0 bridgehead atoms. The normalized spacial score (nSPS) is 10.7. The molecule has 2 rings (SSSR count). The van der Waals surface area contributed by atoms with Crippen molar-refractivity contribution in [3.05, 3.63) is 40.6 Å². The van der Waals surface area contributed by atoms with Crippen molar-refractivity contribution in [1.82, 2.24) is 9.55 Å². The molecule has 0 aliphatic rings. The van der Waals surface area contributed by atoms with Gasteiger partial charge in [0.1, 0.15) is 11.6 Å². The zero-order valence-corrected chi connectivity index (χ0v) is 11.3. The van der Waals surface area contributed by atoms with Gasteiger partial charge in [-0.15, -0.1) is 0 Å². The number of imidazole rings is 1. The highest BCUT2D eigenvalue weighted by Crippen LogP contribution is 2.24. The van der Waals surface area contributed by atoms with Crippen LogP contribution in [0.3, 0.4) is 0 Å². The molecule has 6 heteroatoms. The van der Waals surface area contributed by atoms with Gasteiger partial charge in [-0.05, 0) is 28.4 Å². The lowest BCUT2D eigenvalue weighted by molar-refractivity contribution is 0.574. The molecule has 0 spiro atoms. The summed E-state index contributed by atoms with van der Waals surface area (Å²) in [5.41, 5.74) is 0.249. The van der Waals surface area contributed by atoms with Crippen LogP contribution in [-0.4, -0.2) is 16.1 Å². The first-order valence-electron chi connectivity index (χ1n) is 5.55. The van der Waals surface area contributed by atoms with Crippen LogP contribution >= 0.6 is 15.9 Å². The standard InChI is InChI=1S/C12H12BrF2N3/c1-2-3-16-12-17-4-5-18(12)11-6-8(13)9(14)7-10(11)15/h4-7H,2-3H2,1H3,(H,16,17). The van der Waals surface area contributed by atoms with E-state index in [0.29, 0.717) is 5.95 Å². The summed E-state index contributed by atoms with van der Waals surface area (Å²) >= 11 is 3.05. The van der Waals surface area contributed by atoms with E-state index in [2.05, 4.69) is 26.2 Å². The molecule has 3 nitrogen and oxygen atoms in total. The van der Waals surface area contributed by atoms with Gasteiger partial charge in [-0.2, -0.15) is 0 Å². The molecule has 0 unspecified atom stereocenters. The van der Waals surface area contributed by atoms with E-state index in [1.807, 2.05) is 6.92 Å². The summed E-state index contributed by atoms with van der Waals surface area (Å²) in [6.45, 7) is 2.76. The first-order valence-corrected chi connectivity index (χ1v) is 6.35. The van der Waals surface area contributed by atoms with Crippen LogP contribution in [0, 0.1) is 11.6 Å². The van der Waals surface area contributed by atoms with Gasteiger partial charge in [0.15, 0.2) is 0 Å². The van der Waals surface area contributed by atoms with Crippen LogP contribution in [0.1, 0.15) is 13.3 Å². The van der Waals surface area contributed by atoms with Gasteiger partial charge in [-0.25, -0.2) is 13.8 Å². The number of hydrogen-bond acceptors (Lipinski definition) is 2. The number of rotatable bonds is 4. The molecule has 96 valence electrons. The highest BCUT2D eigenvalue weighted by atomic mass is 79.9. The maximum Gasteiger partial charge on any atom is 0.207 e. The number of halogens is 3. The second kappa shape index (κ2) is 5.48. The van der Waals surface area contributed by atoms with Crippen LogP contribution < -0.4 is 5.32 Å². The van der Waals surface area contributed by atoms with Crippen LogP contribution in [0.4, 0.5) is 14.7 Å². The smallest absolute Gasteiger partial charge is 0.207 e. The average Bonchev–Trinajstić information content (AvgIpc) is 2.79. The summed E-state index contributed by atoms with van der Waals surface area (Å²) < 4.78 is 28.7. The average molecular weight is 316 g/mol. The van der Waals surface area contributed by atoms with E-state index >= 15 is 0 Å². The van der Waals surface area contributed by atoms with Crippen molar-refractivity contribution in [3.63, 3.8) is 0 Å².